The molecule has 5 heteroatoms. The third kappa shape index (κ3) is 4.90. The molecule has 0 bridgehead atoms. The zero-order valence-corrected chi connectivity index (χ0v) is 12.7. The molecule has 2 nitrogen and oxygen atoms in total. The molecule has 100 valence electrons. The molecule has 0 fully saturated rings. The molecule has 0 saturated heterocycles. The minimum absolute atomic E-state index is 0.0707. The van der Waals surface area contributed by atoms with Crippen LogP contribution in [0.4, 0.5) is 0 Å². The first-order valence-electron chi connectivity index (χ1n) is 5.88. The van der Waals surface area contributed by atoms with E-state index in [9.17, 15) is 4.79 Å². The van der Waals surface area contributed by atoms with Crippen molar-refractivity contribution in [2.75, 3.05) is 12.3 Å². The molecule has 1 aromatic heterocycles. The quantitative estimate of drug-likeness (QED) is 0.815. The minimum atomic E-state index is -0.0707. The number of amides is 1. The van der Waals surface area contributed by atoms with E-state index in [4.69, 9.17) is 11.6 Å². The van der Waals surface area contributed by atoms with E-state index in [1.54, 1.807) is 35.6 Å². The van der Waals surface area contributed by atoms with Gasteiger partial charge in [0, 0.05) is 28.6 Å². The maximum absolute atomic E-state index is 11.8. The van der Waals surface area contributed by atoms with Gasteiger partial charge in [0.05, 0.1) is 0 Å². The summed E-state index contributed by atoms with van der Waals surface area (Å²) in [6.07, 6.45) is 0. The molecule has 1 N–H and O–H groups in total. The van der Waals surface area contributed by atoms with Gasteiger partial charge >= 0.3 is 0 Å². The molecule has 1 amide bonds. The zero-order valence-electron chi connectivity index (χ0n) is 10.3. The second kappa shape index (κ2) is 7.58. The van der Waals surface area contributed by atoms with Crippen molar-refractivity contribution >= 4 is 40.6 Å². The van der Waals surface area contributed by atoms with Crippen molar-refractivity contribution in [1.82, 2.24) is 5.32 Å². The molecule has 0 saturated carbocycles. The average Bonchev–Trinajstić information content (AvgIpc) is 2.91. The molecule has 0 aliphatic carbocycles. The lowest BCUT2D eigenvalue weighted by Crippen LogP contribution is -2.25. The lowest BCUT2D eigenvalue weighted by molar-refractivity contribution is 0.0956. The first kappa shape index (κ1) is 14.4. The topological polar surface area (TPSA) is 29.1 Å². The first-order chi connectivity index (χ1) is 9.25. The summed E-state index contributed by atoms with van der Waals surface area (Å²) in [4.78, 5) is 11.8. The third-order valence-corrected chi connectivity index (χ3v) is 4.46. The van der Waals surface area contributed by atoms with E-state index >= 15 is 0 Å². The summed E-state index contributed by atoms with van der Waals surface area (Å²) in [5.74, 6) is 1.83. The summed E-state index contributed by atoms with van der Waals surface area (Å²) in [5, 5.41) is 7.70. The van der Waals surface area contributed by atoms with E-state index < -0.39 is 0 Å². The number of thioether (sulfide) groups is 1. The van der Waals surface area contributed by atoms with Crippen LogP contribution in [0.3, 0.4) is 0 Å². The van der Waals surface area contributed by atoms with Crippen molar-refractivity contribution in [2.24, 2.45) is 0 Å². The van der Waals surface area contributed by atoms with Gasteiger partial charge in [0.25, 0.3) is 5.91 Å². The molecule has 2 aromatic rings. The van der Waals surface area contributed by atoms with Crippen LogP contribution in [-0.2, 0) is 5.75 Å². The average molecular weight is 312 g/mol. The van der Waals surface area contributed by atoms with Gasteiger partial charge in [-0.05, 0) is 40.6 Å². The summed E-state index contributed by atoms with van der Waals surface area (Å²) >= 11 is 9.38. The zero-order chi connectivity index (χ0) is 13.5. The molecule has 0 spiro atoms. The fourth-order valence-corrected chi connectivity index (χ4v) is 3.30. The fraction of sp³-hybridized carbons (Fsp3) is 0.214. The third-order valence-electron chi connectivity index (χ3n) is 2.47. The highest BCUT2D eigenvalue weighted by Crippen LogP contribution is 2.14. The Labute approximate surface area is 126 Å². The first-order valence-corrected chi connectivity index (χ1v) is 8.36. The van der Waals surface area contributed by atoms with Gasteiger partial charge < -0.3 is 5.32 Å². The standard InChI is InChI=1S/C14H14ClNOS2/c15-13-3-1-2-12(8-13)14(17)16-5-7-19-10-11-4-6-18-9-11/h1-4,6,8-9H,5,7,10H2,(H,16,17). The lowest BCUT2D eigenvalue weighted by atomic mass is 10.2. The number of carbonyl (C=O) groups excluding carboxylic acids is 1. The molecule has 0 unspecified atom stereocenters. The normalized spacial score (nSPS) is 10.4. The van der Waals surface area contributed by atoms with Gasteiger partial charge in [0.1, 0.15) is 0 Å². The maximum Gasteiger partial charge on any atom is 0.251 e. The lowest BCUT2D eigenvalue weighted by Gasteiger charge is -2.05. The molecular weight excluding hydrogens is 298 g/mol. The maximum atomic E-state index is 11.8. The van der Waals surface area contributed by atoms with Gasteiger partial charge in [0.15, 0.2) is 0 Å². The number of hydrogen-bond donors (Lipinski definition) is 1. The van der Waals surface area contributed by atoms with Gasteiger partial charge in [0.2, 0.25) is 0 Å². The molecule has 19 heavy (non-hydrogen) atoms. The van der Waals surface area contributed by atoms with E-state index in [1.165, 1.54) is 5.56 Å². The van der Waals surface area contributed by atoms with Gasteiger partial charge in [-0.25, -0.2) is 0 Å². The molecule has 0 atom stereocenters. The van der Waals surface area contributed by atoms with Crippen molar-refractivity contribution in [3.8, 4) is 0 Å². The molecule has 0 aliphatic heterocycles. The number of nitrogens with one attached hydrogen (secondary N) is 1. The van der Waals surface area contributed by atoms with Crippen LogP contribution >= 0.6 is 34.7 Å². The molecule has 1 heterocycles. The smallest absolute Gasteiger partial charge is 0.251 e. The van der Waals surface area contributed by atoms with Crippen molar-refractivity contribution in [1.29, 1.82) is 0 Å². The van der Waals surface area contributed by atoms with E-state index in [1.807, 2.05) is 11.8 Å². The molecule has 2 rings (SSSR count). The van der Waals surface area contributed by atoms with Crippen molar-refractivity contribution in [3.05, 3.63) is 57.2 Å². The summed E-state index contributed by atoms with van der Waals surface area (Å²) in [6.45, 7) is 0.667. The molecule has 0 radical (unpaired) electrons. The van der Waals surface area contributed by atoms with Crippen LogP contribution in [0.1, 0.15) is 15.9 Å². The van der Waals surface area contributed by atoms with Crippen LogP contribution in [0.5, 0.6) is 0 Å². The highest BCUT2D eigenvalue weighted by molar-refractivity contribution is 7.98. The Hall–Kier alpha value is -0.970. The highest BCUT2D eigenvalue weighted by Gasteiger charge is 2.04. The van der Waals surface area contributed by atoms with Crippen LogP contribution in [0.2, 0.25) is 5.02 Å². The summed E-state index contributed by atoms with van der Waals surface area (Å²) in [7, 11) is 0. The highest BCUT2D eigenvalue weighted by atomic mass is 35.5. The van der Waals surface area contributed by atoms with Crippen LogP contribution in [0.25, 0.3) is 0 Å². The second-order valence-electron chi connectivity index (χ2n) is 3.95. The number of halogens is 1. The Morgan fingerprint density at radius 2 is 2.26 bits per heavy atom. The summed E-state index contributed by atoms with van der Waals surface area (Å²) < 4.78 is 0. The van der Waals surface area contributed by atoms with Crippen LogP contribution in [0.15, 0.2) is 41.1 Å². The Balaban J connectivity index is 1.67. The number of thiophene rings is 1. The van der Waals surface area contributed by atoms with Crippen LogP contribution in [0, 0.1) is 0 Å². The predicted molar refractivity (Wildman–Crippen MR) is 84.3 cm³/mol. The second-order valence-corrected chi connectivity index (χ2v) is 6.27. The van der Waals surface area contributed by atoms with Crippen molar-refractivity contribution < 1.29 is 4.79 Å². The molecule has 1 aromatic carbocycles. The number of hydrogen-bond acceptors (Lipinski definition) is 3. The van der Waals surface area contributed by atoms with Gasteiger partial charge in [-0.2, -0.15) is 23.1 Å². The van der Waals surface area contributed by atoms with E-state index in [-0.39, 0.29) is 5.91 Å². The van der Waals surface area contributed by atoms with E-state index in [2.05, 4.69) is 22.1 Å². The van der Waals surface area contributed by atoms with Gasteiger partial charge in [-0.1, -0.05) is 17.7 Å². The Morgan fingerprint density at radius 1 is 1.37 bits per heavy atom. The van der Waals surface area contributed by atoms with Gasteiger partial charge in [-0.15, -0.1) is 0 Å². The van der Waals surface area contributed by atoms with E-state index in [0.29, 0.717) is 17.1 Å². The fourth-order valence-electron chi connectivity index (χ4n) is 1.53. The predicted octanol–water partition coefficient (Wildman–Crippen LogP) is 4.06. The number of carbonyl (C=O) groups is 1. The number of benzene rings is 1. The summed E-state index contributed by atoms with van der Waals surface area (Å²) in [5.41, 5.74) is 1.95. The van der Waals surface area contributed by atoms with Crippen molar-refractivity contribution in [3.63, 3.8) is 0 Å². The monoisotopic (exact) mass is 311 g/mol. The Bertz CT molecular complexity index is 528. The Morgan fingerprint density at radius 3 is 3.00 bits per heavy atom. The van der Waals surface area contributed by atoms with Gasteiger partial charge in [-0.3, -0.25) is 4.79 Å². The molecule has 0 aliphatic rings. The van der Waals surface area contributed by atoms with Crippen LogP contribution in [-0.4, -0.2) is 18.2 Å². The number of rotatable bonds is 6. The Kier molecular flexibility index (Phi) is 5.76. The minimum Gasteiger partial charge on any atom is -0.351 e. The van der Waals surface area contributed by atoms with Crippen LogP contribution < -0.4 is 5.32 Å². The van der Waals surface area contributed by atoms with E-state index in [0.717, 1.165) is 11.5 Å². The molecular formula is C14H14ClNOS2. The summed E-state index contributed by atoms with van der Waals surface area (Å²) in [6, 6.07) is 9.11. The van der Waals surface area contributed by atoms with Crippen molar-refractivity contribution in [2.45, 2.75) is 5.75 Å². The largest absolute Gasteiger partial charge is 0.351 e. The SMILES string of the molecule is O=C(NCCSCc1ccsc1)c1cccc(Cl)c1.